The lowest BCUT2D eigenvalue weighted by Gasteiger charge is -2.46. The van der Waals surface area contributed by atoms with Crippen LogP contribution < -0.4 is 15.6 Å². The number of pyridine rings is 1. The molecule has 3 aromatic carbocycles. The molecule has 4 aliphatic rings. The number of phenolic OH excluding ortho intramolecular Hbond substituents is 1. The van der Waals surface area contributed by atoms with Crippen LogP contribution in [0.5, 0.6) is 11.5 Å². The average Bonchev–Trinajstić information content (AvgIpc) is 3.21. The number of likely N-dealkylation sites (tertiary alicyclic amines) is 1. The van der Waals surface area contributed by atoms with E-state index in [4.69, 9.17) is 9.47 Å². The molecule has 0 saturated carbocycles. The first-order valence-electron chi connectivity index (χ1n) is 19.7. The molecular formula is C43H51FN4O7. The number of aliphatic hydroxyl groups excluding tert-OH is 1. The van der Waals surface area contributed by atoms with Crippen molar-refractivity contribution >= 4 is 22.8 Å². The highest BCUT2D eigenvalue weighted by Crippen LogP contribution is 2.40. The lowest BCUT2D eigenvalue weighted by Crippen LogP contribution is -2.55. The first-order chi connectivity index (χ1) is 26.7. The lowest BCUT2D eigenvalue weighted by atomic mass is 9.72. The molecule has 2 unspecified atom stereocenters. The summed E-state index contributed by atoms with van der Waals surface area (Å²) in [6.07, 6.45) is 5.78. The Bertz CT molecular complexity index is 1990. The number of unbranched alkanes of at least 4 members (excludes halogenated alkanes) is 3. The standard InChI is InChI=1S/C43H51FN4O7/c44-32-9-7-31(8-10-32)43(42(53)55-38-28-47-22-17-29(38)18-23-47)19-24-48(25-20-43)41(52)30-5-11-33(12-6-30)54-26-4-2-1-3-21-45-27-37(50)34-13-15-36(49)40-35(34)14-16-39(51)46-40/h5-16,29,37-38,45,49-50H,1-4,17-28H2,(H,46,51). The van der Waals surface area contributed by atoms with E-state index in [1.54, 1.807) is 41.3 Å². The smallest absolute Gasteiger partial charge is 0.317 e. The third-order valence-electron chi connectivity index (χ3n) is 11.8. The summed E-state index contributed by atoms with van der Waals surface area (Å²) in [6.45, 7) is 5.30. The Morgan fingerprint density at radius 3 is 2.35 bits per heavy atom. The van der Waals surface area contributed by atoms with Gasteiger partial charge in [-0.25, -0.2) is 4.39 Å². The number of carbonyl (C=O) groups is 2. The van der Waals surface area contributed by atoms with E-state index in [-0.39, 0.29) is 35.1 Å². The Balaban J connectivity index is 0.822. The molecule has 12 heteroatoms. The number of carbonyl (C=O) groups excluding carboxylic acids is 2. The fourth-order valence-electron chi connectivity index (χ4n) is 8.44. The second kappa shape index (κ2) is 17.3. The van der Waals surface area contributed by atoms with Crippen molar-refractivity contribution in [1.82, 2.24) is 20.1 Å². The molecular weight excluding hydrogens is 703 g/mol. The van der Waals surface area contributed by atoms with Gasteiger partial charge in [-0.2, -0.15) is 0 Å². The van der Waals surface area contributed by atoms with Crippen molar-refractivity contribution in [2.45, 2.75) is 69.0 Å². The summed E-state index contributed by atoms with van der Waals surface area (Å²) in [5.74, 6) is 0.327. The molecule has 11 nitrogen and oxygen atoms in total. The monoisotopic (exact) mass is 754 g/mol. The first kappa shape index (κ1) is 38.5. The molecule has 0 radical (unpaired) electrons. The lowest BCUT2D eigenvalue weighted by molar-refractivity contribution is -0.167. The van der Waals surface area contributed by atoms with Gasteiger partial charge < -0.3 is 34.9 Å². The quantitative estimate of drug-likeness (QED) is 0.0921. The summed E-state index contributed by atoms with van der Waals surface area (Å²) in [6, 6.07) is 19.5. The molecule has 4 saturated heterocycles. The number of nitrogens with one attached hydrogen (secondary N) is 2. The number of aromatic nitrogens is 1. The van der Waals surface area contributed by atoms with Crippen LogP contribution in [0, 0.1) is 11.7 Å². The zero-order valence-electron chi connectivity index (χ0n) is 31.2. The van der Waals surface area contributed by atoms with E-state index in [1.165, 1.54) is 24.3 Å². The highest BCUT2D eigenvalue weighted by molar-refractivity contribution is 5.95. The van der Waals surface area contributed by atoms with E-state index in [0.29, 0.717) is 72.8 Å². The molecule has 1 aromatic heterocycles. The number of halogens is 1. The van der Waals surface area contributed by atoms with E-state index in [0.717, 1.165) is 70.3 Å². The zero-order chi connectivity index (χ0) is 38.4. The Morgan fingerprint density at radius 2 is 1.64 bits per heavy atom. The molecule has 0 spiro atoms. The van der Waals surface area contributed by atoms with Gasteiger partial charge in [0.15, 0.2) is 0 Å². The van der Waals surface area contributed by atoms with Gasteiger partial charge in [-0.1, -0.05) is 31.0 Å². The number of fused-ring (bicyclic) bond motifs is 4. The molecule has 8 rings (SSSR count). The summed E-state index contributed by atoms with van der Waals surface area (Å²) in [5, 5.41) is 24.7. The van der Waals surface area contributed by atoms with Gasteiger partial charge in [-0.15, -0.1) is 0 Å². The van der Waals surface area contributed by atoms with E-state index < -0.39 is 11.5 Å². The van der Waals surface area contributed by atoms with Crippen molar-refractivity contribution in [1.29, 1.82) is 0 Å². The molecule has 0 aliphatic carbocycles. The number of aromatic hydroxyl groups is 1. The Hall–Kier alpha value is -4.78. The maximum absolute atomic E-state index is 14.0. The molecule has 1 amide bonds. The van der Waals surface area contributed by atoms with Crippen molar-refractivity contribution in [2.24, 2.45) is 5.92 Å². The van der Waals surface area contributed by atoms with Gasteiger partial charge in [0.1, 0.15) is 23.4 Å². The molecule has 292 valence electrons. The van der Waals surface area contributed by atoms with Crippen LogP contribution in [-0.2, 0) is 14.9 Å². The van der Waals surface area contributed by atoms with E-state index >= 15 is 0 Å². The van der Waals surface area contributed by atoms with Crippen LogP contribution in [0.1, 0.15) is 79.0 Å². The van der Waals surface area contributed by atoms with E-state index in [9.17, 15) is 29.0 Å². The number of aromatic amines is 1. The van der Waals surface area contributed by atoms with Crippen LogP contribution in [0.25, 0.3) is 10.9 Å². The summed E-state index contributed by atoms with van der Waals surface area (Å²) < 4.78 is 26.1. The van der Waals surface area contributed by atoms with Crippen molar-refractivity contribution in [3.05, 3.63) is 106 Å². The molecule has 4 aromatic rings. The first-order valence-corrected chi connectivity index (χ1v) is 19.7. The number of benzene rings is 3. The minimum Gasteiger partial charge on any atom is -0.506 e. The van der Waals surface area contributed by atoms with Crippen LogP contribution in [0.3, 0.4) is 0 Å². The number of amides is 1. The van der Waals surface area contributed by atoms with E-state index in [2.05, 4.69) is 15.2 Å². The van der Waals surface area contributed by atoms with Crippen LogP contribution >= 0.6 is 0 Å². The average molecular weight is 755 g/mol. The number of rotatable bonds is 15. The largest absolute Gasteiger partial charge is 0.506 e. The topological polar surface area (TPSA) is 144 Å². The zero-order valence-corrected chi connectivity index (χ0v) is 31.2. The summed E-state index contributed by atoms with van der Waals surface area (Å²) in [4.78, 5) is 45.9. The predicted octanol–water partition coefficient (Wildman–Crippen LogP) is 5.45. The van der Waals surface area contributed by atoms with Crippen LogP contribution in [0.4, 0.5) is 4.39 Å². The molecule has 55 heavy (non-hydrogen) atoms. The number of aliphatic hydroxyl groups is 1. The number of esters is 1. The van der Waals surface area contributed by atoms with Crippen molar-refractivity contribution in [3.8, 4) is 11.5 Å². The number of piperidine rings is 4. The highest BCUT2D eigenvalue weighted by Gasteiger charge is 2.47. The minimum atomic E-state index is -0.929. The molecule has 4 N–H and O–H groups in total. The van der Waals surface area contributed by atoms with Gasteiger partial charge >= 0.3 is 5.97 Å². The normalized spacial score (nSPS) is 21.0. The van der Waals surface area contributed by atoms with Gasteiger partial charge in [0, 0.05) is 43.2 Å². The summed E-state index contributed by atoms with van der Waals surface area (Å²) in [7, 11) is 0. The number of hydrogen-bond donors (Lipinski definition) is 4. The second-order valence-corrected chi connectivity index (χ2v) is 15.3. The maximum atomic E-state index is 14.0. The van der Waals surface area contributed by atoms with Crippen molar-refractivity contribution < 1.29 is 33.7 Å². The Labute approximate surface area is 320 Å². The molecule has 4 aliphatic heterocycles. The van der Waals surface area contributed by atoms with Crippen molar-refractivity contribution in [2.75, 3.05) is 52.4 Å². The van der Waals surface area contributed by atoms with Crippen LogP contribution in [-0.4, -0.2) is 95.4 Å². The third-order valence-corrected chi connectivity index (χ3v) is 11.8. The van der Waals surface area contributed by atoms with Gasteiger partial charge in [0.2, 0.25) is 5.56 Å². The van der Waals surface area contributed by atoms with Gasteiger partial charge in [0.05, 0.1) is 23.6 Å². The molecule has 4 fully saturated rings. The minimum absolute atomic E-state index is 0.0329. The maximum Gasteiger partial charge on any atom is 0.317 e. The van der Waals surface area contributed by atoms with Crippen LogP contribution in [0.15, 0.2) is 77.6 Å². The fraction of sp³-hybridized carbons (Fsp3) is 0.465. The summed E-state index contributed by atoms with van der Waals surface area (Å²) in [5.41, 5.74) is 1.01. The van der Waals surface area contributed by atoms with E-state index in [1.807, 2.05) is 12.1 Å². The molecule has 2 bridgehead atoms. The Morgan fingerprint density at radius 1 is 0.909 bits per heavy atom. The predicted molar refractivity (Wildman–Crippen MR) is 207 cm³/mol. The number of phenols is 1. The number of nitrogens with zero attached hydrogens (tertiary/aromatic N) is 2. The number of H-pyrrole nitrogens is 1. The van der Waals surface area contributed by atoms with Gasteiger partial charge in [-0.05, 0) is 124 Å². The van der Waals surface area contributed by atoms with Crippen LogP contribution in [0.2, 0.25) is 0 Å². The van der Waals surface area contributed by atoms with Crippen molar-refractivity contribution in [3.63, 3.8) is 0 Å². The Kier molecular flexibility index (Phi) is 12.1. The highest BCUT2D eigenvalue weighted by atomic mass is 19.1. The summed E-state index contributed by atoms with van der Waals surface area (Å²) >= 11 is 0. The molecule has 5 heterocycles. The van der Waals surface area contributed by atoms with Gasteiger partial charge in [0.25, 0.3) is 5.91 Å². The number of hydrogen-bond acceptors (Lipinski definition) is 9. The van der Waals surface area contributed by atoms with Gasteiger partial charge in [-0.3, -0.25) is 19.3 Å². The molecule has 2 atom stereocenters. The second-order valence-electron chi connectivity index (χ2n) is 15.3. The fourth-order valence-corrected chi connectivity index (χ4v) is 8.44. The third kappa shape index (κ3) is 8.87. The SMILES string of the molecule is O=C(c1ccc(OCCCCCCNCC(O)c2ccc(O)c3[nH]c(=O)ccc23)cc1)N1CCC(C(=O)OC2CN3CCC2CC3)(c2ccc(F)cc2)CC1. The number of ether oxygens (including phenoxy) is 2.